The van der Waals surface area contributed by atoms with Crippen molar-refractivity contribution in [2.75, 3.05) is 0 Å². The molecule has 0 saturated heterocycles. The first kappa shape index (κ1) is 21.8. The predicted octanol–water partition coefficient (Wildman–Crippen LogP) is 4.54. The molecule has 146 valence electrons. The predicted molar refractivity (Wildman–Crippen MR) is 116 cm³/mol. The summed E-state index contributed by atoms with van der Waals surface area (Å²) >= 11 is 0. The Morgan fingerprint density at radius 1 is 0.552 bits per heavy atom. The van der Waals surface area contributed by atoms with Crippen LogP contribution in [0.2, 0.25) is 0 Å². The van der Waals surface area contributed by atoms with Crippen LogP contribution in [0.3, 0.4) is 0 Å². The molecular formula is C25H22O3S. The van der Waals surface area contributed by atoms with Crippen LogP contribution in [-0.4, -0.2) is 11.6 Å². The van der Waals surface area contributed by atoms with Gasteiger partial charge in [0.2, 0.25) is 0 Å². The number of benzene rings is 4. The molecule has 4 heteroatoms. The lowest BCUT2D eigenvalue weighted by molar-refractivity contribution is -0.283. The van der Waals surface area contributed by atoms with Gasteiger partial charge in [-0.1, -0.05) is 72.8 Å². The number of aromatic hydroxyl groups is 1. The fourth-order valence-electron chi connectivity index (χ4n) is 2.51. The number of carbonyl (C=O) groups is 1. The number of carbonyl (C=O) groups excluding carboxylic acids is 1. The third-order valence-corrected chi connectivity index (χ3v) is 5.92. The highest BCUT2D eigenvalue weighted by molar-refractivity contribution is 7.97. The van der Waals surface area contributed by atoms with E-state index in [1.54, 1.807) is 24.3 Å². The van der Waals surface area contributed by atoms with Crippen molar-refractivity contribution in [2.24, 2.45) is 0 Å². The van der Waals surface area contributed by atoms with Crippen molar-refractivity contribution < 1.29 is 15.0 Å². The van der Waals surface area contributed by atoms with Crippen molar-refractivity contribution in [1.82, 2.24) is 0 Å². The quantitative estimate of drug-likeness (QED) is 0.404. The number of phenols is 1. The smallest absolute Gasteiger partial charge is 0.166 e. The van der Waals surface area contributed by atoms with E-state index in [0.29, 0.717) is 5.75 Å². The molecule has 0 radical (unpaired) electrons. The topological polar surface area (TPSA) is 60.4 Å². The number of rotatable bonds is 3. The SMILES string of the molecule is O=C[O-].Oc1ccccc1.c1ccc([S+](c2ccccc2)c2ccccc2)cc1. The van der Waals surface area contributed by atoms with E-state index in [-0.39, 0.29) is 10.9 Å². The molecule has 0 fully saturated rings. The lowest BCUT2D eigenvalue weighted by Gasteiger charge is -2.07. The number of hydrogen-bond donors (Lipinski definition) is 1. The van der Waals surface area contributed by atoms with Crippen LogP contribution in [0.25, 0.3) is 0 Å². The Bertz CT molecular complexity index is 837. The molecule has 0 atom stereocenters. The summed E-state index contributed by atoms with van der Waals surface area (Å²) in [5.74, 6) is 0.322. The van der Waals surface area contributed by atoms with E-state index in [1.165, 1.54) is 14.7 Å². The lowest BCUT2D eigenvalue weighted by atomic mass is 10.3. The molecule has 0 spiro atoms. The second-order valence-corrected chi connectivity index (χ2v) is 7.70. The monoisotopic (exact) mass is 402 g/mol. The lowest BCUT2D eigenvalue weighted by Crippen LogP contribution is -2.04. The van der Waals surface area contributed by atoms with Crippen LogP contribution in [0.5, 0.6) is 5.75 Å². The minimum Gasteiger partial charge on any atom is -0.554 e. The molecule has 4 aromatic rings. The maximum Gasteiger partial charge on any atom is 0.166 e. The molecule has 0 bridgehead atoms. The molecular weight excluding hydrogens is 380 g/mol. The van der Waals surface area contributed by atoms with Crippen LogP contribution in [0.1, 0.15) is 0 Å². The standard InChI is InChI=1S/C18H15S.C6H6O.CH2O2/c1-4-10-16(11-5-1)19(17-12-6-2-7-13-17)18-14-8-3-9-15-18;7-6-4-2-1-3-5-6;2-1-3/h1-15H;1-5,7H;1H,(H,2,3)/q+1;;/p-1. The molecule has 0 aliphatic rings. The first-order valence-electron chi connectivity index (χ1n) is 8.95. The second kappa shape index (κ2) is 12.8. The minimum absolute atomic E-state index is 0.0146. The Balaban J connectivity index is 0.000000250. The van der Waals surface area contributed by atoms with Gasteiger partial charge in [-0.05, 0) is 48.5 Å². The fraction of sp³-hybridized carbons (Fsp3) is 0. The van der Waals surface area contributed by atoms with Gasteiger partial charge in [-0.25, -0.2) is 0 Å². The third-order valence-electron chi connectivity index (χ3n) is 3.69. The van der Waals surface area contributed by atoms with E-state index in [9.17, 15) is 0 Å². The fourth-order valence-corrected chi connectivity index (χ4v) is 4.61. The first-order chi connectivity index (χ1) is 14.3. The zero-order chi connectivity index (χ0) is 20.7. The van der Waals surface area contributed by atoms with Crippen molar-refractivity contribution in [3.8, 4) is 5.75 Å². The molecule has 0 aromatic heterocycles. The molecule has 1 N–H and O–H groups in total. The van der Waals surface area contributed by atoms with E-state index in [0.717, 1.165) is 0 Å². The highest BCUT2D eigenvalue weighted by atomic mass is 32.2. The van der Waals surface area contributed by atoms with Crippen LogP contribution in [0.15, 0.2) is 136 Å². The first-order valence-corrected chi connectivity index (χ1v) is 10.2. The molecule has 3 nitrogen and oxygen atoms in total. The number of para-hydroxylation sites is 1. The zero-order valence-corrected chi connectivity index (χ0v) is 16.6. The van der Waals surface area contributed by atoms with Gasteiger partial charge in [-0.15, -0.1) is 0 Å². The molecule has 29 heavy (non-hydrogen) atoms. The van der Waals surface area contributed by atoms with Crippen molar-refractivity contribution in [1.29, 1.82) is 0 Å². The average Bonchev–Trinajstić information content (AvgIpc) is 2.78. The summed E-state index contributed by atoms with van der Waals surface area (Å²) in [4.78, 5) is 12.3. The summed E-state index contributed by atoms with van der Waals surface area (Å²) in [5.41, 5.74) is 0. The van der Waals surface area contributed by atoms with Gasteiger partial charge in [-0.2, -0.15) is 0 Å². The maximum atomic E-state index is 8.63. The number of phenolic OH excluding ortho intramolecular Hbond substituents is 1. The van der Waals surface area contributed by atoms with Gasteiger partial charge in [0.05, 0.1) is 10.9 Å². The van der Waals surface area contributed by atoms with E-state index in [2.05, 4.69) is 91.0 Å². The Morgan fingerprint density at radius 2 is 0.793 bits per heavy atom. The van der Waals surface area contributed by atoms with E-state index in [4.69, 9.17) is 15.0 Å². The Morgan fingerprint density at radius 3 is 1.00 bits per heavy atom. The van der Waals surface area contributed by atoms with Gasteiger partial charge in [-0.3, -0.25) is 0 Å². The Hall–Kier alpha value is -3.50. The number of hydrogen-bond acceptors (Lipinski definition) is 3. The van der Waals surface area contributed by atoms with Crippen LogP contribution in [0.4, 0.5) is 0 Å². The molecule has 4 aromatic carbocycles. The Kier molecular flexibility index (Phi) is 9.63. The van der Waals surface area contributed by atoms with Gasteiger partial charge < -0.3 is 15.0 Å². The van der Waals surface area contributed by atoms with Crippen LogP contribution in [0, 0.1) is 0 Å². The van der Waals surface area contributed by atoms with Crippen LogP contribution < -0.4 is 5.11 Å². The van der Waals surface area contributed by atoms with Crippen LogP contribution in [-0.2, 0) is 15.7 Å². The molecule has 0 heterocycles. The average molecular weight is 403 g/mol. The van der Waals surface area contributed by atoms with Gasteiger partial charge in [0.1, 0.15) is 5.75 Å². The molecule has 0 saturated carbocycles. The number of carboxylic acid groups (broad SMARTS) is 1. The van der Waals surface area contributed by atoms with Gasteiger partial charge in [0.15, 0.2) is 14.7 Å². The molecule has 0 aliphatic carbocycles. The van der Waals surface area contributed by atoms with Gasteiger partial charge in [0, 0.05) is 6.47 Å². The summed E-state index contributed by atoms with van der Waals surface area (Å²) in [7, 11) is -0.0146. The van der Waals surface area contributed by atoms with E-state index < -0.39 is 6.47 Å². The summed E-state index contributed by atoms with van der Waals surface area (Å²) in [6.07, 6.45) is 0. The summed E-state index contributed by atoms with van der Waals surface area (Å²) < 4.78 is 0. The van der Waals surface area contributed by atoms with Gasteiger partial charge in [0.25, 0.3) is 0 Å². The summed E-state index contributed by atoms with van der Waals surface area (Å²) in [5, 5.41) is 16.9. The molecule has 4 rings (SSSR count). The summed E-state index contributed by atoms with van der Waals surface area (Å²) in [6.45, 7) is -0.500. The maximum absolute atomic E-state index is 8.63. The molecule has 0 amide bonds. The highest BCUT2D eigenvalue weighted by Gasteiger charge is 2.27. The normalized spacial score (nSPS) is 9.41. The molecule has 0 unspecified atom stereocenters. The van der Waals surface area contributed by atoms with Crippen molar-refractivity contribution in [3.63, 3.8) is 0 Å². The minimum atomic E-state index is -0.500. The van der Waals surface area contributed by atoms with Crippen molar-refractivity contribution in [3.05, 3.63) is 121 Å². The van der Waals surface area contributed by atoms with Crippen LogP contribution >= 0.6 is 0 Å². The van der Waals surface area contributed by atoms with Gasteiger partial charge >= 0.3 is 0 Å². The third kappa shape index (κ3) is 7.56. The largest absolute Gasteiger partial charge is 0.554 e. The zero-order valence-electron chi connectivity index (χ0n) is 15.8. The second-order valence-electron chi connectivity index (χ2n) is 5.68. The van der Waals surface area contributed by atoms with E-state index >= 15 is 0 Å². The summed E-state index contributed by atoms with van der Waals surface area (Å²) in [6, 6.07) is 40.9. The highest BCUT2D eigenvalue weighted by Crippen LogP contribution is 2.30. The van der Waals surface area contributed by atoms with E-state index in [1.807, 2.05) is 6.07 Å². The van der Waals surface area contributed by atoms with Crippen molar-refractivity contribution >= 4 is 17.4 Å². The Labute approximate surface area is 174 Å². The molecule has 0 aliphatic heterocycles. The van der Waals surface area contributed by atoms with Crippen molar-refractivity contribution in [2.45, 2.75) is 14.7 Å².